The number of nitrogens with zero attached hydrogens (tertiary/aromatic N) is 2. The molecule has 2 heterocycles. The molecule has 0 saturated carbocycles. The molecule has 0 aromatic heterocycles. The summed E-state index contributed by atoms with van der Waals surface area (Å²) in [5.74, 6) is 1.15. The van der Waals surface area contributed by atoms with E-state index in [0.717, 1.165) is 26.1 Å². The summed E-state index contributed by atoms with van der Waals surface area (Å²) in [6.07, 6.45) is 0.981. The number of benzene rings is 1. The van der Waals surface area contributed by atoms with Crippen LogP contribution in [0.25, 0.3) is 0 Å². The minimum atomic E-state index is -0.0497. The normalized spacial score (nSPS) is 27.2. The highest BCUT2D eigenvalue weighted by Crippen LogP contribution is 2.34. The van der Waals surface area contributed by atoms with Crippen molar-refractivity contribution in [3.63, 3.8) is 0 Å². The third-order valence-electron chi connectivity index (χ3n) is 4.64. The van der Waals surface area contributed by atoms with Crippen molar-refractivity contribution < 1.29 is 4.79 Å². The average molecular weight is 284 g/mol. The predicted molar refractivity (Wildman–Crippen MR) is 80.8 cm³/mol. The van der Waals surface area contributed by atoms with Gasteiger partial charge in [0, 0.05) is 31.4 Å². The number of nitrogens with one attached hydrogen (secondary N) is 2. The van der Waals surface area contributed by atoms with Crippen molar-refractivity contribution in [3.8, 4) is 6.07 Å². The fraction of sp³-hybridized carbons (Fsp3) is 0.500. The van der Waals surface area contributed by atoms with Crippen LogP contribution in [0, 0.1) is 23.2 Å². The number of carbonyl (C=O) groups excluding carboxylic acids is 1. The van der Waals surface area contributed by atoms with Gasteiger partial charge >= 0.3 is 6.03 Å². The average Bonchev–Trinajstić information content (AvgIpc) is 3.07. The molecule has 1 aromatic carbocycles. The molecule has 3 rings (SSSR count). The van der Waals surface area contributed by atoms with E-state index in [-0.39, 0.29) is 6.03 Å². The maximum Gasteiger partial charge on any atom is 0.322 e. The lowest BCUT2D eigenvalue weighted by Gasteiger charge is -2.27. The maximum atomic E-state index is 12.5. The molecule has 2 N–H and O–H groups in total. The number of urea groups is 1. The summed E-state index contributed by atoms with van der Waals surface area (Å²) in [5, 5.41) is 15.3. The van der Waals surface area contributed by atoms with Crippen molar-refractivity contribution in [2.24, 2.45) is 11.8 Å². The first kappa shape index (κ1) is 13.9. The van der Waals surface area contributed by atoms with E-state index >= 15 is 0 Å². The van der Waals surface area contributed by atoms with Crippen LogP contribution in [-0.2, 0) is 0 Å². The number of carbonyl (C=O) groups is 1. The van der Waals surface area contributed by atoms with Crippen LogP contribution in [0.2, 0.25) is 0 Å². The molecule has 3 atom stereocenters. The minimum Gasteiger partial charge on any atom is -0.321 e. The SMILES string of the molecule is CCC1C2CNCC2CN1C(=O)Nc1cccc(C#N)c1. The van der Waals surface area contributed by atoms with Gasteiger partial charge in [0.2, 0.25) is 0 Å². The van der Waals surface area contributed by atoms with Gasteiger partial charge in [-0.1, -0.05) is 13.0 Å². The van der Waals surface area contributed by atoms with Crippen LogP contribution >= 0.6 is 0 Å². The van der Waals surface area contributed by atoms with Gasteiger partial charge in [-0.15, -0.1) is 0 Å². The summed E-state index contributed by atoms with van der Waals surface area (Å²) in [5.41, 5.74) is 1.24. The van der Waals surface area contributed by atoms with E-state index in [1.807, 2.05) is 11.0 Å². The van der Waals surface area contributed by atoms with E-state index in [9.17, 15) is 4.79 Å². The van der Waals surface area contributed by atoms with E-state index in [4.69, 9.17) is 5.26 Å². The molecule has 2 saturated heterocycles. The first-order chi connectivity index (χ1) is 10.2. The standard InChI is InChI=1S/C16H20N4O/c1-2-15-14-9-18-8-12(14)10-20(15)16(21)19-13-5-3-4-11(6-13)7-17/h3-6,12,14-15,18H,2,8-10H2,1H3,(H,19,21). The number of amides is 2. The number of fused-ring (bicyclic) bond motifs is 1. The molecule has 2 aliphatic heterocycles. The summed E-state index contributed by atoms with van der Waals surface area (Å²) in [4.78, 5) is 14.5. The molecule has 2 fully saturated rings. The Bertz CT molecular complexity index is 580. The number of likely N-dealkylation sites (tertiary alicyclic amines) is 1. The largest absolute Gasteiger partial charge is 0.322 e. The van der Waals surface area contributed by atoms with Gasteiger partial charge in [-0.2, -0.15) is 5.26 Å². The Balaban J connectivity index is 1.72. The lowest BCUT2D eigenvalue weighted by molar-refractivity contribution is 0.196. The summed E-state index contributed by atoms with van der Waals surface area (Å²) in [6, 6.07) is 9.39. The number of hydrogen-bond acceptors (Lipinski definition) is 3. The number of hydrogen-bond donors (Lipinski definition) is 2. The molecule has 5 heteroatoms. The Morgan fingerprint density at radius 1 is 1.52 bits per heavy atom. The van der Waals surface area contributed by atoms with Crippen LogP contribution in [0.5, 0.6) is 0 Å². The highest BCUT2D eigenvalue weighted by molar-refractivity contribution is 5.90. The molecule has 2 amide bonds. The third-order valence-corrected chi connectivity index (χ3v) is 4.64. The van der Waals surface area contributed by atoms with Crippen LogP contribution in [-0.4, -0.2) is 36.6 Å². The second kappa shape index (κ2) is 5.74. The van der Waals surface area contributed by atoms with Crippen molar-refractivity contribution in [2.45, 2.75) is 19.4 Å². The van der Waals surface area contributed by atoms with Crippen LogP contribution in [0.1, 0.15) is 18.9 Å². The molecule has 0 bridgehead atoms. The van der Waals surface area contributed by atoms with E-state index in [1.165, 1.54) is 0 Å². The smallest absolute Gasteiger partial charge is 0.321 e. The van der Waals surface area contributed by atoms with Crippen LogP contribution < -0.4 is 10.6 Å². The van der Waals surface area contributed by atoms with Crippen molar-refractivity contribution in [1.82, 2.24) is 10.2 Å². The van der Waals surface area contributed by atoms with Gasteiger partial charge in [-0.05, 0) is 36.5 Å². The van der Waals surface area contributed by atoms with Gasteiger partial charge in [-0.25, -0.2) is 4.79 Å². The predicted octanol–water partition coefficient (Wildman–Crippen LogP) is 2.02. The van der Waals surface area contributed by atoms with Gasteiger partial charge < -0.3 is 15.5 Å². The van der Waals surface area contributed by atoms with Crippen molar-refractivity contribution >= 4 is 11.7 Å². The first-order valence-corrected chi connectivity index (χ1v) is 7.51. The summed E-state index contributed by atoms with van der Waals surface area (Å²) < 4.78 is 0. The van der Waals surface area contributed by atoms with E-state index in [0.29, 0.717) is 29.1 Å². The van der Waals surface area contributed by atoms with Gasteiger partial charge in [0.1, 0.15) is 0 Å². The Hall–Kier alpha value is -2.06. The molecule has 0 spiro atoms. The third kappa shape index (κ3) is 2.59. The molecule has 0 aliphatic carbocycles. The van der Waals surface area contributed by atoms with Crippen LogP contribution in [0.4, 0.5) is 10.5 Å². The molecule has 5 nitrogen and oxygen atoms in total. The van der Waals surface area contributed by atoms with E-state index < -0.39 is 0 Å². The van der Waals surface area contributed by atoms with Crippen molar-refractivity contribution in [2.75, 3.05) is 25.0 Å². The highest BCUT2D eigenvalue weighted by atomic mass is 16.2. The second-order valence-corrected chi connectivity index (χ2v) is 5.83. The zero-order chi connectivity index (χ0) is 14.8. The summed E-state index contributed by atoms with van der Waals surface area (Å²) in [7, 11) is 0. The Morgan fingerprint density at radius 3 is 3.14 bits per heavy atom. The van der Waals surface area contributed by atoms with Gasteiger partial charge in [0.05, 0.1) is 11.6 Å². The number of nitriles is 1. The van der Waals surface area contributed by atoms with Gasteiger partial charge in [0.15, 0.2) is 0 Å². The van der Waals surface area contributed by atoms with Crippen LogP contribution in [0.15, 0.2) is 24.3 Å². The molecule has 3 unspecified atom stereocenters. The number of rotatable bonds is 2. The fourth-order valence-electron chi connectivity index (χ4n) is 3.64. The summed E-state index contributed by atoms with van der Waals surface area (Å²) in [6.45, 7) is 4.98. The summed E-state index contributed by atoms with van der Waals surface area (Å²) >= 11 is 0. The fourth-order valence-corrected chi connectivity index (χ4v) is 3.64. The minimum absolute atomic E-state index is 0.0497. The quantitative estimate of drug-likeness (QED) is 0.873. The zero-order valence-electron chi connectivity index (χ0n) is 12.2. The van der Waals surface area contributed by atoms with Crippen LogP contribution in [0.3, 0.4) is 0 Å². The van der Waals surface area contributed by atoms with Crippen molar-refractivity contribution in [1.29, 1.82) is 5.26 Å². The highest BCUT2D eigenvalue weighted by Gasteiger charge is 2.45. The molecule has 21 heavy (non-hydrogen) atoms. The monoisotopic (exact) mass is 284 g/mol. The zero-order valence-corrected chi connectivity index (χ0v) is 12.2. The second-order valence-electron chi connectivity index (χ2n) is 5.83. The van der Waals surface area contributed by atoms with Gasteiger partial charge in [0.25, 0.3) is 0 Å². The molecule has 0 radical (unpaired) electrons. The van der Waals surface area contributed by atoms with Gasteiger partial charge in [-0.3, -0.25) is 0 Å². The Morgan fingerprint density at radius 2 is 2.38 bits per heavy atom. The maximum absolute atomic E-state index is 12.5. The molecule has 2 aliphatic rings. The first-order valence-electron chi connectivity index (χ1n) is 7.51. The van der Waals surface area contributed by atoms with Crippen molar-refractivity contribution in [3.05, 3.63) is 29.8 Å². The molecule has 1 aromatic rings. The molecular weight excluding hydrogens is 264 g/mol. The van der Waals surface area contributed by atoms with E-state index in [1.54, 1.807) is 18.2 Å². The lowest BCUT2D eigenvalue weighted by atomic mass is 9.93. The number of anilines is 1. The lowest BCUT2D eigenvalue weighted by Crippen LogP contribution is -2.42. The Kier molecular flexibility index (Phi) is 3.80. The van der Waals surface area contributed by atoms with E-state index in [2.05, 4.69) is 23.6 Å². The molecular formula is C16H20N4O. The Labute approximate surface area is 124 Å². The topological polar surface area (TPSA) is 68.2 Å². The molecule has 110 valence electrons.